The van der Waals surface area contributed by atoms with E-state index in [1.807, 2.05) is 35.2 Å². The molecule has 0 spiro atoms. The Bertz CT molecular complexity index is 1920. The zero-order valence-corrected chi connectivity index (χ0v) is 33.1. The van der Waals surface area contributed by atoms with Gasteiger partial charge in [-0.25, -0.2) is 4.68 Å². The Balaban J connectivity index is 1.14. The molecule has 2 aliphatic rings. The second-order valence-electron chi connectivity index (χ2n) is 14.1. The summed E-state index contributed by atoms with van der Waals surface area (Å²) in [6, 6.07) is 21.0. The van der Waals surface area contributed by atoms with E-state index in [1.165, 1.54) is 18.1 Å². The maximum atomic E-state index is 14.5. The third kappa shape index (κ3) is 9.46. The molecule has 1 aromatic heterocycles. The van der Waals surface area contributed by atoms with E-state index < -0.39 is 5.41 Å². The number of piperazine rings is 1. The third-order valence-electron chi connectivity index (χ3n) is 10.8. The average molecular weight is 792 g/mol. The minimum Gasteiger partial charge on any atom is -0.496 e. The molecule has 0 bridgehead atoms. The van der Waals surface area contributed by atoms with Crippen LogP contribution < -0.4 is 4.74 Å². The van der Waals surface area contributed by atoms with Gasteiger partial charge >= 0.3 is 5.97 Å². The molecule has 292 valence electrons. The van der Waals surface area contributed by atoms with Crippen molar-refractivity contribution in [1.29, 1.82) is 0 Å². The van der Waals surface area contributed by atoms with E-state index in [-0.39, 0.29) is 30.2 Å². The number of ether oxygens (including phenoxy) is 2. The number of rotatable bonds is 14. The first-order chi connectivity index (χ1) is 26.6. The predicted molar refractivity (Wildman–Crippen MR) is 210 cm³/mol. The van der Waals surface area contributed by atoms with Gasteiger partial charge in [-0.05, 0) is 97.7 Å². The monoisotopic (exact) mass is 790 g/mol. The molecule has 2 saturated heterocycles. The average Bonchev–Trinajstić information content (AvgIpc) is 3.76. The number of halogens is 2. The number of aromatic nitrogens is 4. The number of nitrogens with zero attached hydrogens (tertiary/aromatic N) is 8. The fraction of sp³-hybridized carbons (Fsp3) is 0.450. The molecule has 1 atom stereocenters. The molecule has 3 heterocycles. The summed E-state index contributed by atoms with van der Waals surface area (Å²) >= 11 is 12.8. The van der Waals surface area contributed by atoms with Gasteiger partial charge in [-0.3, -0.25) is 19.3 Å². The number of tetrazole rings is 1. The van der Waals surface area contributed by atoms with Crippen LogP contribution in [0.25, 0.3) is 5.69 Å². The minimum atomic E-state index is -0.632. The van der Waals surface area contributed by atoms with Gasteiger partial charge in [0.25, 0.3) is 5.91 Å². The van der Waals surface area contributed by atoms with Gasteiger partial charge in [-0.2, -0.15) is 0 Å². The van der Waals surface area contributed by atoms with Crippen molar-refractivity contribution in [2.75, 3.05) is 79.7 Å². The van der Waals surface area contributed by atoms with Gasteiger partial charge in [0.15, 0.2) is 0 Å². The van der Waals surface area contributed by atoms with Crippen LogP contribution in [0.15, 0.2) is 73.1 Å². The van der Waals surface area contributed by atoms with Crippen LogP contribution in [0.3, 0.4) is 0 Å². The molecule has 4 aromatic rings. The highest BCUT2D eigenvalue weighted by Gasteiger charge is 2.45. The Hall–Kier alpha value is -4.56. The number of hydrogen-bond acceptors (Lipinski definition) is 10. The first-order valence-corrected chi connectivity index (χ1v) is 19.4. The van der Waals surface area contributed by atoms with E-state index in [4.69, 9.17) is 32.7 Å². The van der Waals surface area contributed by atoms with Crippen molar-refractivity contribution in [2.24, 2.45) is 0 Å². The van der Waals surface area contributed by atoms with Crippen LogP contribution in [-0.4, -0.2) is 137 Å². The summed E-state index contributed by atoms with van der Waals surface area (Å²) in [6.45, 7) is 7.47. The SMILES string of the molecule is CCOC(=O)CN1CCN(C(=O)C2(c3ccccc3)CCN(CCC(CN(C)C(=O)c3cc(-n4cnnn4)ccc3OC)c3ccc(Cl)c(Cl)c3)CC2)CC1. The third-order valence-corrected chi connectivity index (χ3v) is 11.6. The van der Waals surface area contributed by atoms with Crippen molar-refractivity contribution >= 4 is 41.0 Å². The van der Waals surface area contributed by atoms with Crippen LogP contribution in [-0.2, 0) is 19.7 Å². The summed E-state index contributed by atoms with van der Waals surface area (Å²) in [5, 5.41) is 12.3. The molecule has 15 heteroatoms. The summed E-state index contributed by atoms with van der Waals surface area (Å²) in [4.78, 5) is 48.7. The highest BCUT2D eigenvalue weighted by Crippen LogP contribution is 2.39. The zero-order valence-electron chi connectivity index (χ0n) is 31.6. The molecule has 0 radical (unpaired) electrons. The molecular formula is C40H48Cl2N8O5. The maximum absolute atomic E-state index is 14.5. The Kier molecular flexibility index (Phi) is 13.4. The summed E-state index contributed by atoms with van der Waals surface area (Å²) in [5.74, 6) is 0.0986. The number of piperidine rings is 1. The van der Waals surface area contributed by atoms with Crippen LogP contribution in [0.2, 0.25) is 10.0 Å². The molecule has 2 aliphatic heterocycles. The molecule has 1 unspecified atom stereocenters. The summed E-state index contributed by atoms with van der Waals surface area (Å²) in [5.41, 5.74) is 2.42. The van der Waals surface area contributed by atoms with E-state index in [0.29, 0.717) is 79.2 Å². The van der Waals surface area contributed by atoms with E-state index in [9.17, 15) is 14.4 Å². The lowest BCUT2D eigenvalue weighted by molar-refractivity contribution is -0.146. The predicted octanol–water partition coefficient (Wildman–Crippen LogP) is 4.96. The van der Waals surface area contributed by atoms with Gasteiger partial charge in [-0.1, -0.05) is 59.6 Å². The molecule has 6 rings (SSSR count). The van der Waals surface area contributed by atoms with E-state index in [2.05, 4.69) is 37.5 Å². The fourth-order valence-electron chi connectivity index (χ4n) is 7.71. The van der Waals surface area contributed by atoms with Crippen LogP contribution in [0, 0.1) is 0 Å². The highest BCUT2D eigenvalue weighted by molar-refractivity contribution is 6.42. The van der Waals surface area contributed by atoms with E-state index >= 15 is 0 Å². The zero-order chi connectivity index (χ0) is 39.0. The normalized spacial score (nSPS) is 16.7. The first-order valence-electron chi connectivity index (χ1n) is 18.7. The lowest BCUT2D eigenvalue weighted by Gasteiger charge is -2.45. The van der Waals surface area contributed by atoms with Gasteiger partial charge in [0, 0.05) is 45.7 Å². The molecular weight excluding hydrogens is 743 g/mol. The van der Waals surface area contributed by atoms with Crippen LogP contribution in [0.1, 0.15) is 53.6 Å². The molecule has 3 aromatic carbocycles. The molecule has 55 heavy (non-hydrogen) atoms. The molecule has 0 N–H and O–H groups in total. The van der Waals surface area contributed by atoms with E-state index in [1.54, 1.807) is 43.1 Å². The second-order valence-corrected chi connectivity index (χ2v) is 15.0. The molecule has 0 saturated carbocycles. The molecule has 0 aliphatic carbocycles. The van der Waals surface area contributed by atoms with Gasteiger partial charge in [0.2, 0.25) is 5.91 Å². The van der Waals surface area contributed by atoms with Crippen LogP contribution in [0.5, 0.6) is 5.75 Å². The Labute approximate surface area is 332 Å². The molecule has 2 amide bonds. The number of hydrogen-bond donors (Lipinski definition) is 0. The van der Waals surface area contributed by atoms with Crippen LogP contribution >= 0.6 is 23.2 Å². The number of likely N-dealkylation sites (tertiary alicyclic amines) is 1. The van der Waals surface area contributed by atoms with Crippen molar-refractivity contribution < 1.29 is 23.9 Å². The topological polar surface area (TPSA) is 126 Å². The number of carbonyl (C=O) groups excluding carboxylic acids is 3. The van der Waals surface area contributed by atoms with Crippen LogP contribution in [0.4, 0.5) is 0 Å². The summed E-state index contributed by atoms with van der Waals surface area (Å²) in [6.07, 6.45) is 3.58. The van der Waals surface area contributed by atoms with Crippen molar-refractivity contribution in [1.82, 2.24) is 39.8 Å². The number of amides is 2. The Morgan fingerprint density at radius 2 is 1.65 bits per heavy atom. The van der Waals surface area contributed by atoms with Gasteiger partial charge < -0.3 is 24.2 Å². The van der Waals surface area contributed by atoms with Crippen molar-refractivity contribution in [3.8, 4) is 11.4 Å². The quantitative estimate of drug-likeness (QED) is 0.162. The Morgan fingerprint density at radius 3 is 2.31 bits per heavy atom. The lowest BCUT2D eigenvalue weighted by Crippen LogP contribution is -2.57. The smallest absolute Gasteiger partial charge is 0.320 e. The largest absolute Gasteiger partial charge is 0.496 e. The van der Waals surface area contributed by atoms with E-state index in [0.717, 1.165) is 37.2 Å². The maximum Gasteiger partial charge on any atom is 0.320 e. The summed E-state index contributed by atoms with van der Waals surface area (Å²) < 4.78 is 12.2. The number of benzene rings is 3. The van der Waals surface area contributed by atoms with Crippen molar-refractivity contribution in [3.05, 3.63) is 99.8 Å². The second kappa shape index (κ2) is 18.4. The van der Waals surface area contributed by atoms with Gasteiger partial charge in [0.1, 0.15) is 12.1 Å². The number of methoxy groups -OCH3 is 1. The fourth-order valence-corrected chi connectivity index (χ4v) is 8.02. The van der Waals surface area contributed by atoms with Crippen molar-refractivity contribution in [3.63, 3.8) is 0 Å². The van der Waals surface area contributed by atoms with Gasteiger partial charge in [0.05, 0.1) is 47.0 Å². The molecule has 2 fully saturated rings. The Morgan fingerprint density at radius 1 is 0.909 bits per heavy atom. The number of esters is 1. The van der Waals surface area contributed by atoms with Crippen molar-refractivity contribution in [2.45, 2.75) is 37.5 Å². The minimum absolute atomic E-state index is 0.0641. The number of likely N-dealkylation sites (N-methyl/N-ethyl adjacent to an activating group) is 1. The summed E-state index contributed by atoms with van der Waals surface area (Å²) in [7, 11) is 3.32. The lowest BCUT2D eigenvalue weighted by atomic mass is 9.71. The van der Waals surface area contributed by atoms with Gasteiger partial charge in [-0.15, -0.1) is 5.10 Å². The standard InChI is InChI=1S/C40H48Cl2N8O5/c1-4-55-37(51)27-48-20-22-49(23-21-48)39(53)40(31-8-6-5-7-9-31)15-18-47(19-16-40)17-14-30(29-10-12-34(41)35(42)24-29)26-46(2)38(52)33-25-32(11-13-36(33)54-3)50-28-43-44-45-50/h5-13,24-25,28,30H,4,14-23,26-27H2,1-3H3. The highest BCUT2D eigenvalue weighted by atomic mass is 35.5. The molecule has 13 nitrogen and oxygen atoms in total. The number of carbonyl (C=O) groups is 3. The first kappa shape index (κ1) is 40.1.